The largest absolute Gasteiger partial charge is 0.395 e. The highest BCUT2D eigenvalue weighted by Crippen LogP contribution is 2.50. The number of ether oxygens (including phenoxy) is 3. The number of morpholine rings is 1. The van der Waals surface area contributed by atoms with E-state index in [0.29, 0.717) is 190 Å². The van der Waals surface area contributed by atoms with Gasteiger partial charge in [-0.15, -0.1) is 0 Å². The molecule has 2 saturated carbocycles. The Balaban J connectivity index is 0.000000805. The van der Waals surface area contributed by atoms with E-state index in [1.54, 1.807) is 25.9 Å². The lowest BCUT2D eigenvalue weighted by molar-refractivity contribution is -0.161. The lowest BCUT2D eigenvalue weighted by Crippen LogP contribution is -2.53. The molecule has 12 amide bonds. The van der Waals surface area contributed by atoms with Crippen molar-refractivity contribution in [2.45, 2.75) is 378 Å². The normalized spacial score (nSPS) is 19.5. The highest BCUT2D eigenvalue weighted by molar-refractivity contribution is 7.91. The van der Waals surface area contributed by atoms with Gasteiger partial charge in [0.1, 0.15) is 12.2 Å². The van der Waals surface area contributed by atoms with Gasteiger partial charge in [-0.05, 0) is 175 Å². The van der Waals surface area contributed by atoms with Crippen molar-refractivity contribution < 1.29 is 101 Å². The van der Waals surface area contributed by atoms with Gasteiger partial charge in [0.15, 0.2) is 9.84 Å². The summed E-state index contributed by atoms with van der Waals surface area (Å²) in [5.74, 6) is 7.43. The first kappa shape index (κ1) is 136. The number of amides is 12. The van der Waals surface area contributed by atoms with Crippen molar-refractivity contribution in [3.63, 3.8) is 0 Å². The Hall–Kier alpha value is -7.55. The smallest absolute Gasteiger partial charge is 0.239 e. The summed E-state index contributed by atoms with van der Waals surface area (Å²) >= 11 is 0. The summed E-state index contributed by atoms with van der Waals surface area (Å²) in [6.07, 6.45) is 20.4. The van der Waals surface area contributed by atoms with Crippen LogP contribution in [0.5, 0.6) is 0 Å². The van der Waals surface area contributed by atoms with Gasteiger partial charge in [0.05, 0.1) is 107 Å². The number of primary amides is 3. The van der Waals surface area contributed by atoms with Crippen molar-refractivity contribution in [3.05, 3.63) is 12.2 Å². The van der Waals surface area contributed by atoms with E-state index in [-0.39, 0.29) is 147 Å². The van der Waals surface area contributed by atoms with Crippen LogP contribution in [0.1, 0.15) is 347 Å². The van der Waals surface area contributed by atoms with E-state index in [1.165, 1.54) is 6.42 Å². The fourth-order valence-electron chi connectivity index (χ4n) is 18.0. The van der Waals surface area contributed by atoms with Gasteiger partial charge in [-0.25, -0.2) is 18.1 Å². The third-order valence-corrected chi connectivity index (χ3v) is 29.0. The van der Waals surface area contributed by atoms with Gasteiger partial charge in [0, 0.05) is 138 Å². The maximum Gasteiger partial charge on any atom is 0.239 e. The molecule has 7 saturated heterocycles. The van der Waals surface area contributed by atoms with E-state index < -0.39 is 22.0 Å². The summed E-state index contributed by atoms with van der Waals surface area (Å²) in [4.78, 5) is 152. The lowest BCUT2D eigenvalue weighted by atomic mass is 9.64. The van der Waals surface area contributed by atoms with Crippen molar-refractivity contribution in [3.8, 4) is 0 Å². The number of aliphatic hydroxyl groups is 4. The SMILES string of the molecule is CC(C)CC(C)(C)C(=O)N1CCOCC1.CC(C)CC(C)(C)C(=O)NCCO.CC(C)CC1(C(N)=O)CC1.CC(C)CC1(C(N)=O)CCC1.CC(C)CC1(C(N)=O)COC1.CC(C)CCC(=O)N1CCC(O)C(O)C1.CC(C)CCC(=O)N1CCCC(O)C1.CC(C)CCC(=O)N1CCNC(=O)C1.CC(C)CCC(=O)N1CCn2ncnc2C1.CC(C)CCC(=O)NC1COC1.CCC(C)(C)C(=O)N1CCS(=O)(=O)CC1. The van der Waals surface area contributed by atoms with Crippen molar-refractivity contribution >= 4 is 80.7 Å². The van der Waals surface area contributed by atoms with E-state index in [0.717, 1.165) is 148 Å². The Morgan fingerprint density at radius 3 is 1.27 bits per heavy atom. The molecule has 9 heterocycles. The standard InChI is InChI=1S/C12H23NO2.C11H18N4O.C11H21NO3.C11H21NO2.C10H18N2O2.C10H19NO3S.C10H21NO2.C9H17NO2.C9H17NO.C8H15NO2.C8H15NO/c1-10(2)9-12(3,4)11(14)13-5-7-15-8-6-13;1-9(2)3-4-11(16)14-5-6-15-10(7-14)12-8-13-15;1-8(2)3-4-11(15)12-6-5-9(13)10(14)7-12;1-9(2)5-6-11(14)12-7-3-4-10(13)8-12;1-8(2)3-4-10(14)12-6-5-11-9(13)7-12;1-4-10(2,3)9(12)11-5-7-15(13,14)8-6-11;1-8(2)7-10(3,4)9(13)11-5-6-12;1-7(2)3-4-9(11)10-8-5-12-6-8;1-7(2)6-9(8(10)11)4-3-5-9;1-6(2)3-8(7(9)10)4-11-5-8;1-6(2)5-8(3-4-8)7(9)10/h10H,5-9H2,1-4H3;8-9H,3-7H2,1-2H3;8-10,13-14H,3-7H2,1-2H3;9-10,13H,3-8H2,1-2H3;8H,3-7H2,1-2H3,(H,11,13);4-8H2,1-3H3;8,12H,5-7H2,1-4H3,(H,11,13);7-8H,3-6H2,1-2H3,(H,10,11);7H,3-6H2,1-2H3,(H2,10,11);6H,3-5H2,1-2H3,(H2,9,10);6H,3-5H2,1-2H3,(H2,9,10). The van der Waals surface area contributed by atoms with Gasteiger partial charge in [-0.3, -0.25) is 57.5 Å². The zero-order chi connectivity index (χ0) is 111. The second kappa shape index (κ2) is 68.4. The summed E-state index contributed by atoms with van der Waals surface area (Å²) in [5.41, 5.74) is 14.4. The second-order valence-electron chi connectivity index (χ2n) is 47.8. The number of rotatable bonds is 35. The number of carbonyl (C=O) groups is 12. The number of piperazine rings is 1. The van der Waals surface area contributed by atoms with E-state index in [1.807, 2.05) is 62.9 Å². The zero-order valence-electron chi connectivity index (χ0n) is 95.5. The summed E-state index contributed by atoms with van der Waals surface area (Å²) in [6.45, 7) is 68.2. The molecule has 0 radical (unpaired) electrons. The molecule has 13 N–H and O–H groups in total. The number of fused-ring (bicyclic) bond motifs is 1. The first-order valence-corrected chi connectivity index (χ1v) is 56.6. The molecule has 0 aromatic carbocycles. The number of likely N-dealkylation sites (tertiary alicyclic amines) is 2. The molecular weight excluding hydrogens is 1890 g/mol. The maximum atomic E-state index is 12.2. The van der Waals surface area contributed by atoms with E-state index >= 15 is 0 Å². The van der Waals surface area contributed by atoms with Crippen molar-refractivity contribution in [2.24, 2.45) is 109 Å². The molecule has 3 atom stereocenters. The first-order chi connectivity index (χ1) is 67.8. The molecule has 36 nitrogen and oxygen atoms in total. The van der Waals surface area contributed by atoms with Crippen LogP contribution in [0.15, 0.2) is 6.33 Å². The molecule has 37 heteroatoms. The van der Waals surface area contributed by atoms with Gasteiger partial charge in [0.25, 0.3) is 0 Å². The van der Waals surface area contributed by atoms with Crippen LogP contribution in [-0.4, -0.2) is 311 Å². The number of piperidine rings is 2. The van der Waals surface area contributed by atoms with Crippen molar-refractivity contribution in [1.29, 1.82) is 0 Å². The topological polar surface area (TPSA) is 512 Å². The molecule has 146 heavy (non-hydrogen) atoms. The van der Waals surface area contributed by atoms with Crippen LogP contribution < -0.4 is 33.2 Å². The first-order valence-electron chi connectivity index (χ1n) is 54.7. The van der Waals surface area contributed by atoms with Gasteiger partial charge in [0.2, 0.25) is 70.9 Å². The van der Waals surface area contributed by atoms with Crippen LogP contribution in [-0.2, 0) is 94.7 Å². The van der Waals surface area contributed by atoms with Gasteiger partial charge >= 0.3 is 0 Å². The highest BCUT2D eigenvalue weighted by Gasteiger charge is 2.49. The number of nitrogens with zero attached hydrogens (tertiary/aromatic N) is 9. The van der Waals surface area contributed by atoms with E-state index in [4.69, 9.17) is 36.5 Å². The van der Waals surface area contributed by atoms with Crippen LogP contribution >= 0.6 is 0 Å². The van der Waals surface area contributed by atoms with Crippen LogP contribution in [0.3, 0.4) is 0 Å². The number of aromatic nitrogens is 3. The van der Waals surface area contributed by atoms with Crippen LogP contribution in [0.25, 0.3) is 0 Å². The Labute approximate surface area is 879 Å². The Morgan fingerprint density at radius 2 is 0.904 bits per heavy atom. The summed E-state index contributed by atoms with van der Waals surface area (Å²) in [7, 11) is -2.90. The minimum atomic E-state index is -2.90. The molecule has 2 aliphatic carbocycles. The number of hydrogen-bond donors (Lipinski definition) is 10. The molecule has 1 aromatic heterocycles. The molecule has 11 rings (SSSR count). The minimum Gasteiger partial charge on any atom is -0.395 e. The summed E-state index contributed by atoms with van der Waals surface area (Å²) in [6, 6.07) is 0.282. The van der Waals surface area contributed by atoms with Crippen molar-refractivity contribution in [2.75, 3.05) is 143 Å². The van der Waals surface area contributed by atoms with Gasteiger partial charge < -0.3 is 97.2 Å². The number of sulfone groups is 1. The maximum absolute atomic E-state index is 12.2. The number of aliphatic hydroxyl groups excluding tert-OH is 4. The summed E-state index contributed by atoms with van der Waals surface area (Å²) < 4.78 is 39.5. The number of nitrogens with one attached hydrogen (secondary N) is 3. The zero-order valence-corrected chi connectivity index (χ0v) is 96.3. The fraction of sp³-hybridized carbons (Fsp3) is 0.872. The average molecular weight is 2090 g/mol. The Morgan fingerprint density at radius 1 is 0.473 bits per heavy atom. The van der Waals surface area contributed by atoms with Crippen LogP contribution in [0, 0.1) is 91.7 Å². The van der Waals surface area contributed by atoms with E-state index in [2.05, 4.69) is 165 Å². The molecule has 0 spiro atoms. The highest BCUT2D eigenvalue weighted by atomic mass is 32.2. The third kappa shape index (κ3) is 55.5. The molecule has 0 bridgehead atoms. The molecule has 3 unspecified atom stereocenters. The third-order valence-electron chi connectivity index (χ3n) is 27.4. The van der Waals surface area contributed by atoms with Gasteiger partial charge in [-0.2, -0.15) is 5.10 Å². The quantitative estimate of drug-likeness (QED) is 0.0302. The molecule has 848 valence electrons. The Kier molecular flexibility index (Phi) is 63.9. The number of carbonyl (C=O) groups excluding carboxylic acids is 12. The molecule has 9 fully saturated rings. The lowest BCUT2D eigenvalue weighted by Gasteiger charge is -2.40. The van der Waals surface area contributed by atoms with Gasteiger partial charge in [-0.1, -0.05) is 193 Å². The van der Waals surface area contributed by atoms with Crippen LogP contribution in [0.4, 0.5) is 0 Å². The predicted octanol–water partition coefficient (Wildman–Crippen LogP) is 11.4. The molecule has 8 aliphatic heterocycles. The molecular formula is C109H205N15O21S. The predicted molar refractivity (Wildman–Crippen MR) is 574 cm³/mol. The van der Waals surface area contributed by atoms with E-state index in [9.17, 15) is 81.3 Å². The average Bonchev–Trinajstić information content (AvgIpc) is 1.61. The van der Waals surface area contributed by atoms with Crippen LogP contribution in [0.2, 0.25) is 0 Å². The molecule has 10 aliphatic rings. The molecule has 1 aromatic rings. The number of hydrogen-bond acceptors (Lipinski definition) is 23. The second-order valence-corrected chi connectivity index (χ2v) is 50.2. The summed E-state index contributed by atoms with van der Waals surface area (Å²) in [5, 5.41) is 49.1. The number of nitrogens with two attached hydrogens (primary N) is 3. The Bertz CT molecular complexity index is 4060. The fourth-order valence-corrected chi connectivity index (χ4v) is 19.2. The monoisotopic (exact) mass is 2090 g/mol. The minimum absolute atomic E-state index is 0.00347. The number of β-amino-alcohol motifs (C(OH)–C–C–N with tert-alkyl or cyclic N) is 2. The van der Waals surface area contributed by atoms with Crippen molar-refractivity contribution in [1.82, 2.24) is 60.1 Å².